The number of carbonyl (C=O) groups excluding carboxylic acids is 3. The SMILES string of the molecule is CCCCC(NC(=O)c1[nH]c2c(c1C)C(=O)CC(C)(C)C2)C(=O)NCc1ccc(CC2CCCCC2)cc1. The topological polar surface area (TPSA) is 91.1 Å². The molecule has 2 amide bonds. The van der Waals surface area contributed by atoms with Crippen molar-refractivity contribution in [2.45, 2.75) is 111 Å². The zero-order chi connectivity index (χ0) is 27.3. The zero-order valence-corrected chi connectivity index (χ0v) is 23.7. The number of rotatable bonds is 10. The molecule has 2 aliphatic carbocycles. The number of amides is 2. The van der Waals surface area contributed by atoms with E-state index in [0.29, 0.717) is 36.2 Å². The van der Waals surface area contributed by atoms with Gasteiger partial charge in [-0.2, -0.15) is 0 Å². The summed E-state index contributed by atoms with van der Waals surface area (Å²) in [6, 6.07) is 7.95. The third-order valence-corrected chi connectivity index (χ3v) is 8.34. The molecule has 1 unspecified atom stereocenters. The summed E-state index contributed by atoms with van der Waals surface area (Å²) >= 11 is 0. The van der Waals surface area contributed by atoms with Gasteiger partial charge in [-0.25, -0.2) is 0 Å². The summed E-state index contributed by atoms with van der Waals surface area (Å²) < 4.78 is 0. The molecule has 0 aliphatic heterocycles. The molecule has 0 saturated heterocycles. The minimum absolute atomic E-state index is 0.0779. The van der Waals surface area contributed by atoms with E-state index in [0.717, 1.165) is 42.9 Å². The lowest BCUT2D eigenvalue weighted by atomic mass is 9.75. The van der Waals surface area contributed by atoms with E-state index in [9.17, 15) is 14.4 Å². The lowest BCUT2D eigenvalue weighted by Gasteiger charge is -2.28. The number of benzene rings is 1. The molecule has 1 heterocycles. The normalized spacial score (nSPS) is 18.1. The van der Waals surface area contributed by atoms with Crippen molar-refractivity contribution < 1.29 is 14.4 Å². The molecule has 1 atom stereocenters. The number of hydrogen-bond donors (Lipinski definition) is 3. The van der Waals surface area contributed by atoms with Crippen molar-refractivity contribution in [3.05, 3.63) is 57.9 Å². The van der Waals surface area contributed by atoms with Crippen molar-refractivity contribution >= 4 is 17.6 Å². The number of fused-ring (bicyclic) bond motifs is 1. The number of aromatic amines is 1. The van der Waals surface area contributed by atoms with Crippen molar-refractivity contribution in [1.82, 2.24) is 15.6 Å². The molecule has 4 rings (SSSR count). The van der Waals surface area contributed by atoms with E-state index in [1.165, 1.54) is 37.7 Å². The van der Waals surface area contributed by atoms with Gasteiger partial charge in [0.2, 0.25) is 5.91 Å². The van der Waals surface area contributed by atoms with Crippen molar-refractivity contribution in [1.29, 1.82) is 0 Å². The van der Waals surface area contributed by atoms with E-state index in [4.69, 9.17) is 0 Å². The lowest BCUT2D eigenvalue weighted by molar-refractivity contribution is -0.123. The smallest absolute Gasteiger partial charge is 0.268 e. The fourth-order valence-electron chi connectivity index (χ4n) is 6.20. The minimum Gasteiger partial charge on any atom is -0.354 e. The van der Waals surface area contributed by atoms with Crippen molar-refractivity contribution in [3.8, 4) is 0 Å². The van der Waals surface area contributed by atoms with E-state index in [1.54, 1.807) is 0 Å². The molecule has 3 N–H and O–H groups in total. The van der Waals surface area contributed by atoms with Gasteiger partial charge in [-0.1, -0.05) is 90.0 Å². The maximum absolute atomic E-state index is 13.3. The zero-order valence-electron chi connectivity index (χ0n) is 23.7. The molecule has 1 aromatic carbocycles. The van der Waals surface area contributed by atoms with Gasteiger partial charge in [0.1, 0.15) is 11.7 Å². The highest BCUT2D eigenvalue weighted by atomic mass is 16.2. The summed E-state index contributed by atoms with van der Waals surface area (Å²) in [4.78, 5) is 42.4. The average molecular weight is 520 g/mol. The molecule has 38 heavy (non-hydrogen) atoms. The Morgan fingerprint density at radius 3 is 2.42 bits per heavy atom. The van der Waals surface area contributed by atoms with Crippen LogP contribution in [0, 0.1) is 18.3 Å². The van der Waals surface area contributed by atoms with Crippen LogP contribution in [0.4, 0.5) is 0 Å². The van der Waals surface area contributed by atoms with Crippen LogP contribution in [0.25, 0.3) is 0 Å². The van der Waals surface area contributed by atoms with Gasteiger partial charge in [0.25, 0.3) is 5.91 Å². The lowest BCUT2D eigenvalue weighted by Crippen LogP contribution is -2.46. The van der Waals surface area contributed by atoms with Gasteiger partial charge in [-0.3, -0.25) is 14.4 Å². The average Bonchev–Trinajstić information content (AvgIpc) is 3.21. The summed E-state index contributed by atoms with van der Waals surface area (Å²) in [6.45, 7) is 8.46. The summed E-state index contributed by atoms with van der Waals surface area (Å²) in [5.74, 6) is 0.375. The fourth-order valence-corrected chi connectivity index (χ4v) is 6.20. The van der Waals surface area contributed by atoms with Gasteiger partial charge in [0, 0.05) is 24.2 Å². The molecule has 0 spiro atoms. The van der Waals surface area contributed by atoms with Crippen LogP contribution in [0.15, 0.2) is 24.3 Å². The van der Waals surface area contributed by atoms with Crippen LogP contribution in [0.1, 0.15) is 122 Å². The summed E-state index contributed by atoms with van der Waals surface area (Å²) in [7, 11) is 0. The summed E-state index contributed by atoms with van der Waals surface area (Å²) in [5, 5.41) is 5.98. The number of Topliss-reactive ketones (excluding diaryl/α,β-unsaturated/α-hetero) is 1. The van der Waals surface area contributed by atoms with Crippen LogP contribution in [-0.4, -0.2) is 28.6 Å². The van der Waals surface area contributed by atoms with Gasteiger partial charge >= 0.3 is 0 Å². The molecule has 1 fully saturated rings. The van der Waals surface area contributed by atoms with Crippen LogP contribution in [0.5, 0.6) is 0 Å². The van der Waals surface area contributed by atoms with Crippen LogP contribution in [0.3, 0.4) is 0 Å². The van der Waals surface area contributed by atoms with E-state index in [-0.39, 0.29) is 23.0 Å². The van der Waals surface area contributed by atoms with Gasteiger partial charge in [-0.15, -0.1) is 0 Å². The number of hydrogen-bond acceptors (Lipinski definition) is 3. The highest BCUT2D eigenvalue weighted by molar-refractivity contribution is 6.05. The maximum atomic E-state index is 13.3. The first-order valence-corrected chi connectivity index (χ1v) is 14.6. The van der Waals surface area contributed by atoms with Crippen molar-refractivity contribution in [2.75, 3.05) is 0 Å². The molecular weight excluding hydrogens is 474 g/mol. The second-order valence-corrected chi connectivity index (χ2v) is 12.3. The van der Waals surface area contributed by atoms with Gasteiger partial charge in [0.05, 0.1) is 0 Å². The predicted molar refractivity (Wildman–Crippen MR) is 151 cm³/mol. The third kappa shape index (κ3) is 6.95. The Balaban J connectivity index is 1.37. The van der Waals surface area contributed by atoms with Crippen molar-refractivity contribution in [2.24, 2.45) is 11.3 Å². The molecular formula is C32H45N3O3. The molecule has 2 aliphatic rings. The van der Waals surface area contributed by atoms with Gasteiger partial charge in [-0.05, 0) is 54.2 Å². The number of aromatic nitrogens is 1. The first-order chi connectivity index (χ1) is 18.2. The first-order valence-electron chi connectivity index (χ1n) is 14.6. The largest absolute Gasteiger partial charge is 0.354 e. The Kier molecular flexibility index (Phi) is 9.11. The third-order valence-electron chi connectivity index (χ3n) is 8.34. The molecule has 0 bridgehead atoms. The number of unbranched alkanes of at least 4 members (excludes halogenated alkanes) is 1. The molecule has 0 radical (unpaired) electrons. The molecule has 1 saturated carbocycles. The number of carbonyl (C=O) groups is 3. The number of H-pyrrole nitrogens is 1. The molecule has 6 heteroatoms. The van der Waals surface area contributed by atoms with Gasteiger partial charge in [0.15, 0.2) is 5.78 Å². The molecule has 6 nitrogen and oxygen atoms in total. The highest BCUT2D eigenvalue weighted by Gasteiger charge is 2.35. The van der Waals surface area contributed by atoms with Crippen LogP contribution in [-0.2, 0) is 24.2 Å². The Bertz CT molecular complexity index is 1140. The molecule has 1 aromatic heterocycles. The van der Waals surface area contributed by atoms with Crippen LogP contribution in [0.2, 0.25) is 0 Å². The maximum Gasteiger partial charge on any atom is 0.268 e. The second-order valence-electron chi connectivity index (χ2n) is 12.3. The predicted octanol–water partition coefficient (Wildman–Crippen LogP) is 6.21. The van der Waals surface area contributed by atoms with E-state index in [1.807, 2.05) is 6.92 Å². The molecule has 2 aromatic rings. The quantitative estimate of drug-likeness (QED) is 0.349. The number of nitrogens with one attached hydrogen (secondary N) is 3. The Labute approximate surface area is 227 Å². The van der Waals surface area contributed by atoms with Crippen LogP contribution < -0.4 is 10.6 Å². The Hall–Kier alpha value is -2.89. The Morgan fingerprint density at radius 1 is 1.05 bits per heavy atom. The monoisotopic (exact) mass is 519 g/mol. The fraction of sp³-hybridized carbons (Fsp3) is 0.594. The second kappa shape index (κ2) is 12.3. The number of ketones is 1. The van der Waals surface area contributed by atoms with Gasteiger partial charge < -0.3 is 15.6 Å². The minimum atomic E-state index is -0.625. The Morgan fingerprint density at radius 2 is 1.74 bits per heavy atom. The molecule has 206 valence electrons. The van der Waals surface area contributed by atoms with E-state index in [2.05, 4.69) is 60.7 Å². The van der Waals surface area contributed by atoms with E-state index >= 15 is 0 Å². The standard InChI is InChI=1S/C32H45N3O3/c1-5-6-12-25(35-31(38)29-21(2)28-26(34-29)18-32(3,4)19-27(28)36)30(37)33-20-24-15-13-23(14-16-24)17-22-10-8-7-9-11-22/h13-16,22,25,34H,5-12,17-20H2,1-4H3,(H,33,37)(H,35,38). The van der Waals surface area contributed by atoms with E-state index < -0.39 is 6.04 Å². The van der Waals surface area contributed by atoms with Crippen molar-refractivity contribution in [3.63, 3.8) is 0 Å². The summed E-state index contributed by atoms with van der Waals surface area (Å²) in [6.07, 6.45) is 11.4. The first kappa shape index (κ1) is 28.1. The van der Waals surface area contributed by atoms with Crippen LogP contribution >= 0.6 is 0 Å². The summed E-state index contributed by atoms with van der Waals surface area (Å²) in [5.41, 5.74) is 4.84. The highest BCUT2D eigenvalue weighted by Crippen LogP contribution is 2.36.